The summed E-state index contributed by atoms with van der Waals surface area (Å²) in [4.78, 5) is 23.0. The highest BCUT2D eigenvalue weighted by molar-refractivity contribution is 7.89. The summed E-state index contributed by atoms with van der Waals surface area (Å²) in [5, 5.41) is 13.7. The average Bonchev–Trinajstić information content (AvgIpc) is 2.69. The molecule has 1 aliphatic heterocycles. The molecule has 0 radical (unpaired) electrons. The summed E-state index contributed by atoms with van der Waals surface area (Å²) < 4.78 is 26.8. The largest absolute Gasteiger partial charge is 0.322 e. The monoisotopic (exact) mass is 403 g/mol. The van der Waals surface area contributed by atoms with Crippen molar-refractivity contribution in [3.05, 3.63) is 63.7 Å². The molecule has 1 amide bonds. The van der Waals surface area contributed by atoms with E-state index in [1.807, 2.05) is 0 Å². The van der Waals surface area contributed by atoms with Crippen LogP contribution in [0.3, 0.4) is 0 Å². The van der Waals surface area contributed by atoms with Gasteiger partial charge in [-0.25, -0.2) is 8.42 Å². The maximum Gasteiger partial charge on any atom is 0.273 e. The van der Waals surface area contributed by atoms with Crippen molar-refractivity contribution in [1.82, 2.24) is 4.31 Å². The van der Waals surface area contributed by atoms with Gasteiger partial charge in [-0.05, 0) is 50.1 Å². The van der Waals surface area contributed by atoms with E-state index >= 15 is 0 Å². The molecule has 1 fully saturated rings. The number of rotatable bonds is 5. The van der Waals surface area contributed by atoms with E-state index in [0.717, 1.165) is 19.3 Å². The van der Waals surface area contributed by atoms with Gasteiger partial charge < -0.3 is 5.32 Å². The smallest absolute Gasteiger partial charge is 0.273 e. The maximum absolute atomic E-state index is 12.7. The van der Waals surface area contributed by atoms with E-state index in [4.69, 9.17) is 0 Å². The number of nitro groups is 1. The molecule has 148 valence electrons. The lowest BCUT2D eigenvalue weighted by Crippen LogP contribution is -2.35. The van der Waals surface area contributed by atoms with Crippen LogP contribution in [0.2, 0.25) is 0 Å². The van der Waals surface area contributed by atoms with E-state index in [1.165, 1.54) is 46.8 Å². The molecule has 1 aliphatic rings. The fraction of sp³-hybridized carbons (Fsp3) is 0.316. The number of carbonyl (C=O) groups excluding carboxylic acids is 1. The molecule has 1 heterocycles. The Morgan fingerprint density at radius 3 is 2.32 bits per heavy atom. The molecule has 0 spiro atoms. The van der Waals surface area contributed by atoms with Crippen molar-refractivity contribution in [3.8, 4) is 0 Å². The molecule has 3 rings (SSSR count). The van der Waals surface area contributed by atoms with E-state index < -0.39 is 20.9 Å². The first kappa shape index (κ1) is 20.0. The normalized spacial score (nSPS) is 15.2. The Labute approximate surface area is 163 Å². The zero-order chi connectivity index (χ0) is 20.3. The summed E-state index contributed by atoms with van der Waals surface area (Å²) in [5.41, 5.74) is 0.901. The van der Waals surface area contributed by atoms with Crippen LogP contribution in [0.4, 0.5) is 11.4 Å². The SMILES string of the molecule is Cc1ccc(C(=O)Nc2ccc(S(=O)(=O)N3CCCCC3)cc2)cc1[N+](=O)[O-]. The fourth-order valence-corrected chi connectivity index (χ4v) is 4.63. The third-order valence-electron chi connectivity index (χ3n) is 4.73. The minimum absolute atomic E-state index is 0.129. The van der Waals surface area contributed by atoms with Gasteiger partial charge >= 0.3 is 0 Å². The third-order valence-corrected chi connectivity index (χ3v) is 6.65. The highest BCUT2D eigenvalue weighted by Crippen LogP contribution is 2.23. The second-order valence-corrected chi connectivity index (χ2v) is 8.64. The van der Waals surface area contributed by atoms with Crippen LogP contribution in [0.1, 0.15) is 35.2 Å². The van der Waals surface area contributed by atoms with Crippen molar-refractivity contribution in [1.29, 1.82) is 0 Å². The van der Waals surface area contributed by atoms with Gasteiger partial charge in [-0.15, -0.1) is 0 Å². The summed E-state index contributed by atoms with van der Waals surface area (Å²) in [6.07, 6.45) is 2.75. The number of amides is 1. The highest BCUT2D eigenvalue weighted by atomic mass is 32.2. The number of piperidine rings is 1. The Balaban J connectivity index is 1.74. The number of sulfonamides is 1. The summed E-state index contributed by atoms with van der Waals surface area (Å²) in [6.45, 7) is 2.64. The Morgan fingerprint density at radius 2 is 1.71 bits per heavy atom. The molecule has 0 aromatic heterocycles. The number of aryl methyl sites for hydroxylation is 1. The number of nitrogens with zero attached hydrogens (tertiary/aromatic N) is 2. The zero-order valence-electron chi connectivity index (χ0n) is 15.4. The second kappa shape index (κ2) is 8.07. The minimum atomic E-state index is -3.53. The molecule has 0 unspecified atom stereocenters. The number of benzene rings is 2. The van der Waals surface area contributed by atoms with Crippen LogP contribution in [0, 0.1) is 17.0 Å². The van der Waals surface area contributed by atoms with Gasteiger partial charge in [0.05, 0.1) is 9.82 Å². The van der Waals surface area contributed by atoms with Crippen LogP contribution in [-0.4, -0.2) is 36.6 Å². The van der Waals surface area contributed by atoms with E-state index in [1.54, 1.807) is 6.92 Å². The molecule has 2 aromatic carbocycles. The molecule has 2 aromatic rings. The summed E-state index contributed by atoms with van der Waals surface area (Å²) in [5.74, 6) is -0.505. The highest BCUT2D eigenvalue weighted by Gasteiger charge is 2.25. The number of carbonyl (C=O) groups is 1. The van der Waals surface area contributed by atoms with Crippen molar-refractivity contribution >= 4 is 27.3 Å². The number of hydrogen-bond donors (Lipinski definition) is 1. The average molecular weight is 403 g/mol. The fourth-order valence-electron chi connectivity index (χ4n) is 3.12. The molecule has 8 nitrogen and oxygen atoms in total. The summed E-state index contributed by atoms with van der Waals surface area (Å²) in [6, 6.07) is 10.2. The van der Waals surface area contributed by atoms with Crippen molar-refractivity contribution in [2.75, 3.05) is 18.4 Å². The number of nitro benzene ring substituents is 1. The first-order valence-corrected chi connectivity index (χ1v) is 10.4. The van der Waals surface area contributed by atoms with E-state index in [0.29, 0.717) is 24.3 Å². The first-order valence-electron chi connectivity index (χ1n) is 8.95. The molecule has 0 bridgehead atoms. The predicted octanol–water partition coefficient (Wildman–Crippen LogP) is 3.33. The van der Waals surface area contributed by atoms with Crippen LogP contribution in [0.25, 0.3) is 0 Å². The Morgan fingerprint density at radius 1 is 1.07 bits per heavy atom. The van der Waals surface area contributed by atoms with E-state index in [9.17, 15) is 23.3 Å². The van der Waals surface area contributed by atoms with E-state index in [-0.39, 0.29) is 16.1 Å². The van der Waals surface area contributed by atoms with Crippen LogP contribution in [0.5, 0.6) is 0 Å². The lowest BCUT2D eigenvalue weighted by molar-refractivity contribution is -0.385. The molecule has 9 heteroatoms. The number of hydrogen-bond acceptors (Lipinski definition) is 5. The van der Waals surface area contributed by atoms with Crippen LogP contribution < -0.4 is 5.32 Å². The predicted molar refractivity (Wildman–Crippen MR) is 105 cm³/mol. The molecule has 1 N–H and O–H groups in total. The Hall–Kier alpha value is -2.78. The van der Waals surface area contributed by atoms with Gasteiger partial charge in [0, 0.05) is 36.0 Å². The van der Waals surface area contributed by atoms with Gasteiger partial charge in [-0.2, -0.15) is 4.31 Å². The molecular weight excluding hydrogens is 382 g/mol. The Kier molecular flexibility index (Phi) is 5.76. The zero-order valence-corrected chi connectivity index (χ0v) is 16.2. The number of anilines is 1. The molecule has 1 saturated heterocycles. The van der Waals surface area contributed by atoms with Crippen molar-refractivity contribution in [2.24, 2.45) is 0 Å². The molecule has 0 atom stereocenters. The quantitative estimate of drug-likeness (QED) is 0.608. The lowest BCUT2D eigenvalue weighted by atomic mass is 10.1. The summed E-state index contributed by atoms with van der Waals surface area (Å²) >= 11 is 0. The van der Waals surface area contributed by atoms with Gasteiger partial charge in [-0.1, -0.05) is 12.5 Å². The van der Waals surface area contributed by atoms with Gasteiger partial charge in [0.2, 0.25) is 10.0 Å². The molecular formula is C19H21N3O5S. The van der Waals surface area contributed by atoms with Crippen molar-refractivity contribution in [2.45, 2.75) is 31.1 Å². The second-order valence-electron chi connectivity index (χ2n) is 6.70. The van der Waals surface area contributed by atoms with Gasteiger partial charge in [0.15, 0.2) is 0 Å². The summed E-state index contributed by atoms with van der Waals surface area (Å²) in [7, 11) is -3.53. The maximum atomic E-state index is 12.7. The molecule has 0 saturated carbocycles. The van der Waals surface area contributed by atoms with Crippen molar-refractivity contribution < 1.29 is 18.1 Å². The van der Waals surface area contributed by atoms with Crippen LogP contribution in [0.15, 0.2) is 47.4 Å². The van der Waals surface area contributed by atoms with Gasteiger partial charge in [0.25, 0.3) is 11.6 Å². The van der Waals surface area contributed by atoms with Crippen LogP contribution in [-0.2, 0) is 10.0 Å². The van der Waals surface area contributed by atoms with Crippen molar-refractivity contribution in [3.63, 3.8) is 0 Å². The minimum Gasteiger partial charge on any atom is -0.322 e. The molecule has 28 heavy (non-hydrogen) atoms. The topological polar surface area (TPSA) is 110 Å². The van der Waals surface area contributed by atoms with Crippen LogP contribution >= 0.6 is 0 Å². The molecule has 0 aliphatic carbocycles. The first-order chi connectivity index (χ1) is 13.3. The van der Waals surface area contributed by atoms with E-state index in [2.05, 4.69) is 5.32 Å². The van der Waals surface area contributed by atoms with Gasteiger partial charge in [-0.3, -0.25) is 14.9 Å². The Bertz CT molecular complexity index is 997. The number of nitrogens with one attached hydrogen (secondary N) is 1. The standard InChI is InChI=1S/C19H21N3O5S/c1-14-5-6-15(13-18(14)22(24)25)19(23)20-16-7-9-17(10-8-16)28(26,27)21-11-3-2-4-12-21/h5-10,13H,2-4,11-12H2,1H3,(H,20,23). The third kappa shape index (κ3) is 4.20. The van der Waals surface area contributed by atoms with Gasteiger partial charge in [0.1, 0.15) is 0 Å². The lowest BCUT2D eigenvalue weighted by Gasteiger charge is -2.25.